The maximum absolute atomic E-state index is 12.2. The molecule has 4 atom stereocenters. The van der Waals surface area contributed by atoms with Gasteiger partial charge in [-0.3, -0.25) is 0 Å². The van der Waals surface area contributed by atoms with Crippen molar-refractivity contribution in [3.05, 3.63) is 71.8 Å². The van der Waals surface area contributed by atoms with Gasteiger partial charge in [-0.15, -0.1) is 12.4 Å². The highest BCUT2D eigenvalue weighted by molar-refractivity contribution is 7.89. The summed E-state index contributed by atoms with van der Waals surface area (Å²) < 4.78 is 57.1. The monoisotopic (exact) mass is 678 g/mol. The van der Waals surface area contributed by atoms with Crippen LogP contribution < -0.4 is 20.5 Å². The first-order valence-electron chi connectivity index (χ1n) is 13.8. The second-order valence-corrected chi connectivity index (χ2v) is 15.6. The van der Waals surface area contributed by atoms with Gasteiger partial charge in [-0.1, -0.05) is 60.7 Å². The Labute approximate surface area is 270 Å². The fourth-order valence-electron chi connectivity index (χ4n) is 4.18. The van der Waals surface area contributed by atoms with E-state index in [1.54, 1.807) is 20.8 Å². The topological polar surface area (TPSA) is 163 Å². The third-order valence-corrected chi connectivity index (χ3v) is 7.03. The summed E-state index contributed by atoms with van der Waals surface area (Å²) >= 11 is 0. The van der Waals surface area contributed by atoms with E-state index in [0.29, 0.717) is 13.1 Å². The molecule has 2 aromatic rings. The number of carbonyl (C=O) groups is 1. The lowest BCUT2D eigenvalue weighted by Crippen LogP contribution is -2.51. The van der Waals surface area contributed by atoms with Gasteiger partial charge in [-0.25, -0.2) is 31.1 Å². The molecule has 0 fully saturated rings. The van der Waals surface area contributed by atoms with Gasteiger partial charge in [0.05, 0.1) is 30.6 Å². The molecular formula is C29H51ClN6O6S2. The lowest BCUT2D eigenvalue weighted by Gasteiger charge is -2.31. The van der Waals surface area contributed by atoms with Crippen LogP contribution in [0.4, 0.5) is 4.79 Å². The Morgan fingerprint density at radius 2 is 1.16 bits per heavy atom. The van der Waals surface area contributed by atoms with E-state index in [2.05, 4.69) is 14.8 Å². The number of carbonyl (C=O) groups excluding carboxylic acids is 1. The van der Waals surface area contributed by atoms with Crippen molar-refractivity contribution >= 4 is 38.5 Å². The van der Waals surface area contributed by atoms with Crippen LogP contribution in [0.15, 0.2) is 60.7 Å². The summed E-state index contributed by atoms with van der Waals surface area (Å²) in [4.78, 5) is 16.0. The van der Waals surface area contributed by atoms with Gasteiger partial charge in [0.2, 0.25) is 20.0 Å². The summed E-state index contributed by atoms with van der Waals surface area (Å²) in [5, 5.41) is 2.80. The highest BCUT2D eigenvalue weighted by Crippen LogP contribution is 2.20. The van der Waals surface area contributed by atoms with Crippen molar-refractivity contribution in [3.8, 4) is 0 Å². The molecule has 0 saturated carbocycles. The zero-order valence-electron chi connectivity index (χ0n) is 27.1. The van der Waals surface area contributed by atoms with E-state index in [0.717, 1.165) is 23.6 Å². The van der Waals surface area contributed by atoms with Crippen molar-refractivity contribution in [3.63, 3.8) is 0 Å². The number of halogens is 1. The van der Waals surface area contributed by atoms with E-state index in [9.17, 15) is 21.6 Å². The zero-order valence-corrected chi connectivity index (χ0v) is 29.6. The fourth-order valence-corrected chi connectivity index (χ4v) is 5.71. The smallest absolute Gasteiger partial charge is 0.407 e. The summed E-state index contributed by atoms with van der Waals surface area (Å²) in [5.74, 6) is 0. The van der Waals surface area contributed by atoms with E-state index in [-0.39, 0.29) is 18.4 Å². The molecule has 0 bridgehead atoms. The van der Waals surface area contributed by atoms with E-state index < -0.39 is 49.9 Å². The molecule has 0 aliphatic heterocycles. The molecule has 0 aliphatic rings. The van der Waals surface area contributed by atoms with E-state index in [1.807, 2.05) is 98.7 Å². The Hall–Kier alpha value is -2.30. The molecular weight excluding hydrogens is 628 g/mol. The molecule has 5 N–H and O–H groups in total. The van der Waals surface area contributed by atoms with E-state index >= 15 is 0 Å². The quantitative estimate of drug-likeness (QED) is 0.249. The van der Waals surface area contributed by atoms with Crippen LogP contribution in [0.5, 0.6) is 0 Å². The number of nitrogens with two attached hydrogens (primary N) is 1. The van der Waals surface area contributed by atoms with Crippen LogP contribution in [0.25, 0.3) is 0 Å². The standard InChI is InChI=1S/C17H29N3O4S.C12H21N3O2S.ClH/c1-17(2,3)24-16(21)18-14(12-20(4)5)15(19-25(6,22)23)13-10-8-7-9-11-13;1-15(2)9-11(13)12(14-18(3,16)17)10-7-5-4-6-8-10;/h7-11,14-15,19H,12H2,1-6H3,(H,18,21);4-8,11-12,14H,9,13H2,1-3H3;1H/t14-,15+;11-,12+;/m11./s1. The van der Waals surface area contributed by atoms with Crippen LogP contribution in [-0.2, 0) is 24.8 Å². The second-order valence-electron chi connectivity index (χ2n) is 12.0. The van der Waals surface area contributed by atoms with E-state index in [4.69, 9.17) is 10.5 Å². The number of hydrogen-bond donors (Lipinski definition) is 4. The van der Waals surface area contributed by atoms with Crippen molar-refractivity contribution in [1.29, 1.82) is 0 Å². The normalized spacial score (nSPS) is 14.8. The fraction of sp³-hybridized carbons (Fsp3) is 0.552. The largest absolute Gasteiger partial charge is 0.444 e. The summed E-state index contributed by atoms with van der Waals surface area (Å²) in [5.41, 5.74) is 7.08. The predicted molar refractivity (Wildman–Crippen MR) is 180 cm³/mol. The maximum atomic E-state index is 12.2. The number of amides is 1. The molecule has 2 rings (SSSR count). The molecule has 0 aliphatic carbocycles. The van der Waals surface area contributed by atoms with Crippen LogP contribution in [-0.4, -0.2) is 104 Å². The summed E-state index contributed by atoms with van der Waals surface area (Å²) in [6, 6.07) is 16.7. The lowest BCUT2D eigenvalue weighted by atomic mass is 10.00. The molecule has 252 valence electrons. The van der Waals surface area contributed by atoms with Crippen molar-refractivity contribution in [2.75, 3.05) is 53.8 Å². The molecule has 0 spiro atoms. The molecule has 44 heavy (non-hydrogen) atoms. The average Bonchev–Trinajstić information content (AvgIpc) is 2.84. The van der Waals surface area contributed by atoms with Crippen LogP contribution in [0.2, 0.25) is 0 Å². The van der Waals surface area contributed by atoms with Crippen LogP contribution in [0, 0.1) is 0 Å². The van der Waals surface area contributed by atoms with Gasteiger partial charge in [-0.05, 0) is 60.1 Å². The minimum absolute atomic E-state index is 0. The Kier molecular flexibility index (Phi) is 17.6. The average molecular weight is 679 g/mol. The SMILES string of the molecule is CN(C)C[C@@H](N)[C@@H](NS(C)(=O)=O)c1ccccc1.CN(C)C[C@@H](NC(=O)OC(C)(C)C)[C@@H](NS(C)(=O)=O)c1ccccc1.Cl. The first-order valence-corrected chi connectivity index (χ1v) is 17.5. The minimum atomic E-state index is -3.48. The van der Waals surface area contributed by atoms with Crippen LogP contribution in [0.3, 0.4) is 0 Å². The Morgan fingerprint density at radius 3 is 1.52 bits per heavy atom. The van der Waals surface area contributed by atoms with Gasteiger partial charge in [0.1, 0.15) is 5.60 Å². The third kappa shape index (κ3) is 18.5. The van der Waals surface area contributed by atoms with Gasteiger partial charge in [-0.2, -0.15) is 0 Å². The van der Waals surface area contributed by atoms with Crippen LogP contribution in [0.1, 0.15) is 44.0 Å². The number of sulfonamides is 2. The summed E-state index contributed by atoms with van der Waals surface area (Å²) in [7, 11) is 0.732. The Morgan fingerprint density at radius 1 is 0.773 bits per heavy atom. The highest BCUT2D eigenvalue weighted by atomic mass is 35.5. The Bertz CT molecular complexity index is 1330. The molecule has 0 radical (unpaired) electrons. The van der Waals surface area contributed by atoms with Crippen LogP contribution >= 0.6 is 12.4 Å². The second kappa shape index (κ2) is 18.6. The van der Waals surface area contributed by atoms with Gasteiger partial charge in [0.25, 0.3) is 0 Å². The van der Waals surface area contributed by atoms with Gasteiger partial charge < -0.3 is 25.6 Å². The van der Waals surface area contributed by atoms with E-state index in [1.165, 1.54) is 0 Å². The molecule has 12 nitrogen and oxygen atoms in total. The molecule has 0 unspecified atom stereocenters. The molecule has 1 amide bonds. The predicted octanol–water partition coefficient (Wildman–Crippen LogP) is 2.32. The number of rotatable bonds is 13. The molecule has 0 saturated heterocycles. The number of likely N-dealkylation sites (N-methyl/N-ethyl adjacent to an activating group) is 2. The van der Waals surface area contributed by atoms with Crippen molar-refractivity contribution in [2.45, 2.75) is 50.5 Å². The summed E-state index contributed by atoms with van der Waals surface area (Å²) in [6.07, 6.45) is 1.66. The van der Waals surface area contributed by atoms with Gasteiger partial charge in [0, 0.05) is 19.1 Å². The first-order chi connectivity index (χ1) is 19.7. The summed E-state index contributed by atoms with van der Waals surface area (Å²) in [6.45, 7) is 6.36. The minimum Gasteiger partial charge on any atom is -0.444 e. The third-order valence-electron chi connectivity index (χ3n) is 5.67. The number of nitrogens with zero attached hydrogens (tertiary/aromatic N) is 2. The number of hydrogen-bond acceptors (Lipinski definition) is 9. The number of alkyl carbamates (subject to hydrolysis) is 1. The molecule has 0 aromatic heterocycles. The van der Waals surface area contributed by atoms with Gasteiger partial charge >= 0.3 is 6.09 Å². The van der Waals surface area contributed by atoms with Crippen molar-refractivity contribution in [2.24, 2.45) is 5.73 Å². The first kappa shape index (κ1) is 41.7. The molecule has 15 heteroatoms. The lowest BCUT2D eigenvalue weighted by molar-refractivity contribution is 0.0485. The van der Waals surface area contributed by atoms with Crippen molar-refractivity contribution in [1.82, 2.24) is 24.6 Å². The van der Waals surface area contributed by atoms with Crippen molar-refractivity contribution < 1.29 is 26.4 Å². The number of nitrogens with one attached hydrogen (secondary N) is 3. The number of benzene rings is 2. The molecule has 0 heterocycles. The van der Waals surface area contributed by atoms with Gasteiger partial charge in [0.15, 0.2) is 0 Å². The highest BCUT2D eigenvalue weighted by Gasteiger charge is 2.30. The maximum Gasteiger partial charge on any atom is 0.407 e. The Balaban J connectivity index is 0.000000863. The zero-order chi connectivity index (χ0) is 33.0. The molecule has 2 aromatic carbocycles. The number of ether oxygens (including phenoxy) is 1.